The van der Waals surface area contributed by atoms with Crippen LogP contribution in [0.4, 0.5) is 0 Å². The molecule has 3 rings (SSSR count). The molecule has 29 heavy (non-hydrogen) atoms. The molecular weight excluding hydrogens is 487 g/mol. The Kier molecular flexibility index (Phi) is 6.91. The van der Waals surface area contributed by atoms with E-state index in [9.17, 15) is 4.79 Å². The number of hydrogen-bond donors (Lipinski definition) is 0. The maximum Gasteiger partial charge on any atom is 0.303 e. The lowest BCUT2D eigenvalue weighted by Crippen LogP contribution is -2.47. The first kappa shape index (κ1) is 22.5. The van der Waals surface area contributed by atoms with Crippen molar-refractivity contribution in [1.29, 1.82) is 0 Å². The molecule has 5 atom stereocenters. The summed E-state index contributed by atoms with van der Waals surface area (Å²) >= 11 is 2.27. The van der Waals surface area contributed by atoms with Crippen molar-refractivity contribution >= 4 is 28.6 Å². The molecule has 0 aliphatic carbocycles. The molecule has 2 heterocycles. The molecule has 2 aliphatic heterocycles. The minimum atomic E-state index is -0.867. The van der Waals surface area contributed by atoms with E-state index in [-0.39, 0.29) is 12.2 Å². The number of halogens is 1. The third kappa shape index (κ3) is 5.70. The molecule has 0 N–H and O–H groups in total. The van der Waals surface area contributed by atoms with E-state index in [1.54, 1.807) is 0 Å². The van der Waals surface area contributed by atoms with Crippen molar-refractivity contribution < 1.29 is 28.5 Å². The summed E-state index contributed by atoms with van der Waals surface area (Å²) in [5.41, 5.74) is 0.825. The predicted molar refractivity (Wildman–Crippen MR) is 115 cm³/mol. The Labute approximate surface area is 185 Å². The van der Waals surface area contributed by atoms with Gasteiger partial charge in [0.25, 0.3) is 0 Å². The highest BCUT2D eigenvalue weighted by molar-refractivity contribution is 14.1. The number of benzene rings is 1. The van der Waals surface area contributed by atoms with Gasteiger partial charge >= 0.3 is 5.97 Å². The summed E-state index contributed by atoms with van der Waals surface area (Å²) < 4.78 is 30.8. The molecule has 0 spiro atoms. The first-order valence-electron chi connectivity index (χ1n) is 9.61. The van der Waals surface area contributed by atoms with E-state index in [2.05, 4.69) is 34.4 Å². The summed E-state index contributed by atoms with van der Waals surface area (Å²) in [6.45, 7) is 8.77. The van der Waals surface area contributed by atoms with E-state index in [0.29, 0.717) is 0 Å². The summed E-state index contributed by atoms with van der Waals surface area (Å²) in [6, 6.07) is 9.53. The highest BCUT2D eigenvalue weighted by Gasteiger charge is 2.55. The number of rotatable bonds is 4. The van der Waals surface area contributed by atoms with Crippen LogP contribution in [-0.2, 0) is 28.5 Å². The Morgan fingerprint density at radius 2 is 1.69 bits per heavy atom. The molecule has 2 aliphatic rings. The van der Waals surface area contributed by atoms with Gasteiger partial charge in [-0.05, 0) is 39.8 Å². The van der Waals surface area contributed by atoms with Crippen LogP contribution in [0.25, 0.3) is 0 Å². The van der Waals surface area contributed by atoms with Gasteiger partial charge < -0.3 is 23.7 Å². The van der Waals surface area contributed by atoms with Crippen LogP contribution in [0.3, 0.4) is 0 Å². The largest absolute Gasteiger partial charge is 0.446 e. The van der Waals surface area contributed by atoms with Crippen LogP contribution in [0.15, 0.2) is 30.3 Å². The molecule has 0 aromatic heterocycles. The summed E-state index contributed by atoms with van der Waals surface area (Å²) in [5, 5.41) is 0. The van der Waals surface area contributed by atoms with E-state index in [0.717, 1.165) is 9.99 Å². The summed E-state index contributed by atoms with van der Waals surface area (Å²) in [5.74, 6) is 4.10. The zero-order chi connectivity index (χ0) is 21.2. The Bertz CT molecular complexity index is 781. The highest BCUT2D eigenvalue weighted by atomic mass is 127. The number of alkyl halides is 1. The lowest BCUT2D eigenvalue weighted by molar-refractivity contribution is -0.175. The van der Waals surface area contributed by atoms with Crippen molar-refractivity contribution in [3.8, 4) is 11.8 Å². The van der Waals surface area contributed by atoms with E-state index in [4.69, 9.17) is 23.7 Å². The third-order valence-corrected chi connectivity index (χ3v) is 5.45. The molecule has 6 nitrogen and oxygen atoms in total. The van der Waals surface area contributed by atoms with Gasteiger partial charge in [-0.1, -0.05) is 52.6 Å². The van der Waals surface area contributed by atoms with E-state index < -0.39 is 35.9 Å². The molecule has 1 aromatic carbocycles. The van der Waals surface area contributed by atoms with E-state index in [1.807, 2.05) is 58.0 Å². The second-order valence-corrected chi connectivity index (χ2v) is 8.90. The smallest absolute Gasteiger partial charge is 0.303 e. The Morgan fingerprint density at radius 3 is 2.31 bits per heavy atom. The molecule has 2 saturated heterocycles. The third-order valence-electron chi connectivity index (χ3n) is 4.58. The van der Waals surface area contributed by atoms with Crippen LogP contribution in [0.5, 0.6) is 0 Å². The monoisotopic (exact) mass is 514 g/mol. The molecule has 7 heteroatoms. The molecule has 0 radical (unpaired) electrons. The van der Waals surface area contributed by atoms with Crippen LogP contribution >= 0.6 is 22.6 Å². The second-order valence-electron chi connectivity index (χ2n) is 8.02. The first-order valence-corrected chi connectivity index (χ1v) is 11.1. The lowest BCUT2D eigenvalue weighted by Gasteiger charge is -2.27. The number of carbonyl (C=O) groups excluding carboxylic acids is 1. The van der Waals surface area contributed by atoms with Crippen molar-refractivity contribution in [2.45, 2.75) is 76.7 Å². The van der Waals surface area contributed by atoms with E-state index >= 15 is 0 Å². The molecule has 0 saturated carbocycles. The molecular formula is C22H27IO6. The lowest BCUT2D eigenvalue weighted by atomic mass is 9.99. The van der Waals surface area contributed by atoms with Crippen molar-refractivity contribution in [1.82, 2.24) is 0 Å². The molecule has 2 fully saturated rings. The van der Waals surface area contributed by atoms with Gasteiger partial charge in [0, 0.05) is 16.9 Å². The summed E-state index contributed by atoms with van der Waals surface area (Å²) in [4.78, 5) is 11.8. The van der Waals surface area contributed by atoms with Crippen LogP contribution in [0.1, 0.15) is 40.2 Å². The van der Waals surface area contributed by atoms with Gasteiger partial charge in [0.2, 0.25) is 0 Å². The van der Waals surface area contributed by atoms with Crippen LogP contribution in [0, 0.1) is 11.8 Å². The second kappa shape index (κ2) is 8.90. The average molecular weight is 514 g/mol. The van der Waals surface area contributed by atoms with Gasteiger partial charge in [-0.15, -0.1) is 0 Å². The minimum absolute atomic E-state index is 0.171. The summed E-state index contributed by atoms with van der Waals surface area (Å²) in [6.07, 6.45) is -2.46. The highest BCUT2D eigenvalue weighted by Crippen LogP contribution is 2.40. The first-order chi connectivity index (χ1) is 13.6. The molecule has 1 aromatic rings. The fourth-order valence-electron chi connectivity index (χ4n) is 3.60. The fraction of sp³-hybridized carbons (Fsp3) is 0.591. The van der Waals surface area contributed by atoms with Gasteiger partial charge in [0.1, 0.15) is 18.3 Å². The summed E-state index contributed by atoms with van der Waals surface area (Å²) in [7, 11) is 0. The molecule has 0 amide bonds. The zero-order valence-electron chi connectivity index (χ0n) is 17.3. The van der Waals surface area contributed by atoms with Crippen LogP contribution in [0.2, 0.25) is 0 Å². The van der Waals surface area contributed by atoms with E-state index in [1.165, 1.54) is 6.92 Å². The number of hydrogen-bond acceptors (Lipinski definition) is 6. The number of ether oxygens (including phenoxy) is 5. The van der Waals surface area contributed by atoms with Gasteiger partial charge in [-0.2, -0.15) is 0 Å². The molecule has 0 bridgehead atoms. The molecule has 158 valence electrons. The number of esters is 1. The number of carbonyl (C=O) groups is 1. The van der Waals surface area contributed by atoms with Gasteiger partial charge in [0.15, 0.2) is 17.7 Å². The topological polar surface area (TPSA) is 63.2 Å². The quantitative estimate of drug-likeness (QED) is 0.266. The Balaban J connectivity index is 1.91. The van der Waals surface area contributed by atoms with Gasteiger partial charge in [-0.3, -0.25) is 4.79 Å². The van der Waals surface area contributed by atoms with Crippen molar-refractivity contribution in [2.75, 3.05) is 4.43 Å². The van der Waals surface area contributed by atoms with Gasteiger partial charge in [-0.25, -0.2) is 0 Å². The predicted octanol–water partition coefficient (Wildman–Crippen LogP) is 3.45. The van der Waals surface area contributed by atoms with Gasteiger partial charge in [0.05, 0.1) is 6.10 Å². The van der Waals surface area contributed by atoms with Crippen LogP contribution in [-0.4, -0.2) is 52.5 Å². The van der Waals surface area contributed by atoms with Crippen molar-refractivity contribution in [3.05, 3.63) is 35.9 Å². The van der Waals surface area contributed by atoms with Crippen molar-refractivity contribution in [3.63, 3.8) is 0 Å². The maximum absolute atomic E-state index is 11.8. The normalized spacial score (nSPS) is 31.0. The fourth-order valence-corrected chi connectivity index (χ4v) is 4.28. The zero-order valence-corrected chi connectivity index (χ0v) is 19.5. The Hall–Kier alpha value is -1.18. The standard InChI is InChI=1S/C22H27IO6/c1-14(24)25-16(12-11-15-9-7-6-8-10-15)18-20(29-22(4,5)27-18)19-17(13-23)26-21(2,3)28-19/h6-10,16-20H,13H2,1-5H3/t16-,17+,18-,19+,20+/m0/s1. The van der Waals surface area contributed by atoms with Crippen LogP contribution < -0.4 is 0 Å². The average Bonchev–Trinajstić information content (AvgIpc) is 3.14. The Morgan fingerprint density at radius 1 is 1.07 bits per heavy atom. The molecule has 0 unspecified atom stereocenters. The van der Waals surface area contributed by atoms with Crippen molar-refractivity contribution in [2.24, 2.45) is 0 Å². The SMILES string of the molecule is CC(=O)O[C@@H](C#Cc1ccccc1)[C@@H]1OC(C)(C)O[C@H]1[C@@H]1OC(C)(C)O[C@@H]1CI. The minimum Gasteiger partial charge on any atom is -0.446 e. The maximum atomic E-state index is 11.8.